The predicted octanol–water partition coefficient (Wildman–Crippen LogP) is 3.70. The fraction of sp³-hybridized carbons (Fsp3) is 0.364. The van der Waals surface area contributed by atoms with Crippen molar-refractivity contribution in [3.63, 3.8) is 0 Å². The third-order valence-corrected chi connectivity index (χ3v) is 4.84. The molecule has 0 bridgehead atoms. The zero-order valence-electron chi connectivity index (χ0n) is 15.0. The highest BCUT2D eigenvalue weighted by molar-refractivity contribution is 6.01. The van der Waals surface area contributed by atoms with Crippen LogP contribution in [0.5, 0.6) is 0 Å². The first-order chi connectivity index (χ1) is 12.8. The highest BCUT2D eigenvalue weighted by atomic mass is 16.5. The van der Waals surface area contributed by atoms with Gasteiger partial charge >= 0.3 is 0 Å². The molecule has 2 aromatic carbocycles. The number of hydrogen-bond donors (Lipinski definition) is 0. The molecular formula is C22H24N2O2. The Balaban J connectivity index is 1.37. The van der Waals surface area contributed by atoms with Gasteiger partial charge in [-0.05, 0) is 30.9 Å². The average Bonchev–Trinajstić information content (AvgIpc) is 3.33. The smallest absolute Gasteiger partial charge is 0.196 e. The molecule has 0 fully saturated rings. The fourth-order valence-electron chi connectivity index (χ4n) is 3.43. The van der Waals surface area contributed by atoms with E-state index < -0.39 is 0 Å². The van der Waals surface area contributed by atoms with Crippen LogP contribution in [-0.4, -0.2) is 37.1 Å². The Hall–Kier alpha value is -2.62. The molecule has 2 atom stereocenters. The van der Waals surface area contributed by atoms with Gasteiger partial charge < -0.3 is 9.47 Å². The lowest BCUT2D eigenvalue weighted by atomic mass is 10.1. The lowest BCUT2D eigenvalue weighted by molar-refractivity contribution is 0.285. The summed E-state index contributed by atoms with van der Waals surface area (Å²) in [5.41, 5.74) is 2.58. The van der Waals surface area contributed by atoms with E-state index in [2.05, 4.69) is 55.5 Å². The van der Waals surface area contributed by atoms with E-state index in [0.29, 0.717) is 13.2 Å². The second-order valence-corrected chi connectivity index (χ2v) is 6.97. The van der Waals surface area contributed by atoms with Gasteiger partial charge in [0.2, 0.25) is 0 Å². The lowest BCUT2D eigenvalue weighted by Crippen LogP contribution is -2.21. The van der Waals surface area contributed by atoms with Crippen LogP contribution in [0.25, 0.3) is 0 Å². The standard InChI is InChI=1S/C22H24N2O2/c1-16(21-23-19(14-25-21)12-17-8-4-2-5-9-17)22-24-20(15-26-22)13-18-10-6-3-7-11-18/h2-11,16,19-20H,12-15H2,1H3/t19-,20-/m0/s1. The van der Waals surface area contributed by atoms with Crippen molar-refractivity contribution in [2.75, 3.05) is 13.2 Å². The molecule has 2 aliphatic heterocycles. The number of rotatable bonds is 6. The molecule has 4 rings (SSSR count). The van der Waals surface area contributed by atoms with Crippen LogP contribution in [0.3, 0.4) is 0 Å². The molecule has 4 heteroatoms. The molecule has 2 aliphatic rings. The fourth-order valence-corrected chi connectivity index (χ4v) is 3.43. The Morgan fingerprint density at radius 3 is 1.62 bits per heavy atom. The van der Waals surface area contributed by atoms with E-state index >= 15 is 0 Å². The van der Waals surface area contributed by atoms with E-state index in [9.17, 15) is 0 Å². The number of hydrogen-bond acceptors (Lipinski definition) is 4. The topological polar surface area (TPSA) is 43.2 Å². The van der Waals surface area contributed by atoms with Gasteiger partial charge in [-0.15, -0.1) is 0 Å². The second kappa shape index (κ2) is 7.73. The Labute approximate surface area is 154 Å². The summed E-state index contributed by atoms with van der Waals surface area (Å²) in [4.78, 5) is 9.54. The first-order valence-corrected chi connectivity index (χ1v) is 9.27. The van der Waals surface area contributed by atoms with Gasteiger partial charge in [0.25, 0.3) is 0 Å². The molecule has 0 N–H and O–H groups in total. The molecule has 134 valence electrons. The van der Waals surface area contributed by atoms with Gasteiger partial charge in [0.1, 0.15) is 19.1 Å². The minimum Gasteiger partial charge on any atom is -0.478 e. The maximum absolute atomic E-state index is 5.85. The van der Waals surface area contributed by atoms with Crippen molar-refractivity contribution in [2.24, 2.45) is 15.9 Å². The molecule has 26 heavy (non-hydrogen) atoms. The molecule has 0 spiro atoms. The van der Waals surface area contributed by atoms with E-state index in [1.165, 1.54) is 11.1 Å². The Morgan fingerprint density at radius 1 is 0.769 bits per heavy atom. The van der Waals surface area contributed by atoms with Crippen molar-refractivity contribution < 1.29 is 9.47 Å². The Kier molecular flexibility index (Phi) is 5.00. The Bertz CT molecular complexity index is 719. The molecule has 0 radical (unpaired) electrons. The van der Waals surface area contributed by atoms with Crippen LogP contribution in [0.1, 0.15) is 18.1 Å². The normalized spacial score (nSPS) is 21.9. The second-order valence-electron chi connectivity index (χ2n) is 6.97. The van der Waals surface area contributed by atoms with E-state index in [1.54, 1.807) is 0 Å². The predicted molar refractivity (Wildman–Crippen MR) is 104 cm³/mol. The van der Waals surface area contributed by atoms with Gasteiger partial charge in [-0.2, -0.15) is 0 Å². The number of benzene rings is 2. The zero-order chi connectivity index (χ0) is 17.8. The van der Waals surface area contributed by atoms with Crippen molar-refractivity contribution in [2.45, 2.75) is 31.8 Å². The first-order valence-electron chi connectivity index (χ1n) is 9.27. The van der Waals surface area contributed by atoms with Crippen molar-refractivity contribution in [1.82, 2.24) is 0 Å². The van der Waals surface area contributed by atoms with E-state index in [1.807, 2.05) is 12.1 Å². The van der Waals surface area contributed by atoms with Crippen LogP contribution in [0.4, 0.5) is 0 Å². The minimum absolute atomic E-state index is 0.0171. The molecule has 0 aliphatic carbocycles. The van der Waals surface area contributed by atoms with Crippen LogP contribution in [-0.2, 0) is 22.3 Å². The number of nitrogens with zero attached hydrogens (tertiary/aromatic N) is 2. The summed E-state index contributed by atoms with van der Waals surface area (Å²) in [5, 5.41) is 0. The van der Waals surface area contributed by atoms with Gasteiger partial charge in [-0.3, -0.25) is 0 Å². The SMILES string of the molecule is CC(C1=N[C@@H](Cc2ccccc2)CO1)C1=N[C@@H](Cc2ccccc2)CO1. The highest BCUT2D eigenvalue weighted by Gasteiger charge is 2.31. The molecule has 0 saturated heterocycles. The largest absolute Gasteiger partial charge is 0.478 e. The van der Waals surface area contributed by atoms with E-state index in [4.69, 9.17) is 19.5 Å². The van der Waals surface area contributed by atoms with Crippen LogP contribution >= 0.6 is 0 Å². The van der Waals surface area contributed by atoms with Gasteiger partial charge in [0.15, 0.2) is 11.8 Å². The van der Waals surface area contributed by atoms with E-state index in [0.717, 1.165) is 24.6 Å². The van der Waals surface area contributed by atoms with Gasteiger partial charge in [-0.1, -0.05) is 60.7 Å². The minimum atomic E-state index is -0.0171. The molecule has 4 nitrogen and oxygen atoms in total. The summed E-state index contributed by atoms with van der Waals surface area (Å²) in [6, 6.07) is 21.2. The van der Waals surface area contributed by atoms with Gasteiger partial charge in [0.05, 0.1) is 12.1 Å². The third kappa shape index (κ3) is 3.96. The molecular weight excluding hydrogens is 324 g/mol. The molecule has 2 heterocycles. The summed E-state index contributed by atoms with van der Waals surface area (Å²) in [6.07, 6.45) is 1.81. The summed E-state index contributed by atoms with van der Waals surface area (Å²) in [6.45, 7) is 3.33. The summed E-state index contributed by atoms with van der Waals surface area (Å²) >= 11 is 0. The number of ether oxygens (including phenoxy) is 2. The van der Waals surface area contributed by atoms with Crippen molar-refractivity contribution in [1.29, 1.82) is 0 Å². The Morgan fingerprint density at radius 2 is 1.19 bits per heavy atom. The van der Waals surface area contributed by atoms with Crippen LogP contribution in [0.15, 0.2) is 70.6 Å². The van der Waals surface area contributed by atoms with E-state index in [-0.39, 0.29) is 18.0 Å². The summed E-state index contributed by atoms with van der Waals surface area (Å²) in [5.74, 6) is 1.49. The highest BCUT2D eigenvalue weighted by Crippen LogP contribution is 2.21. The molecule has 0 amide bonds. The van der Waals surface area contributed by atoms with Gasteiger partial charge in [0, 0.05) is 0 Å². The molecule has 0 saturated carbocycles. The monoisotopic (exact) mass is 348 g/mol. The molecule has 0 unspecified atom stereocenters. The van der Waals surface area contributed by atoms with Crippen molar-refractivity contribution in [3.05, 3.63) is 71.8 Å². The lowest BCUT2D eigenvalue weighted by Gasteiger charge is -2.10. The average molecular weight is 348 g/mol. The van der Waals surface area contributed by atoms with Gasteiger partial charge in [-0.25, -0.2) is 9.98 Å². The number of aliphatic imine (C=N–C) groups is 2. The van der Waals surface area contributed by atoms with Crippen molar-refractivity contribution in [3.8, 4) is 0 Å². The maximum Gasteiger partial charge on any atom is 0.196 e. The maximum atomic E-state index is 5.85. The molecule has 0 aromatic heterocycles. The van der Waals surface area contributed by atoms with Crippen LogP contribution in [0, 0.1) is 5.92 Å². The first kappa shape index (κ1) is 16.8. The third-order valence-electron chi connectivity index (χ3n) is 4.84. The van der Waals surface area contributed by atoms with Crippen LogP contribution < -0.4 is 0 Å². The molecule has 2 aromatic rings. The summed E-state index contributed by atoms with van der Waals surface area (Å²) < 4.78 is 11.7. The van der Waals surface area contributed by atoms with Crippen LogP contribution in [0.2, 0.25) is 0 Å². The zero-order valence-corrected chi connectivity index (χ0v) is 15.0. The van der Waals surface area contributed by atoms with Crippen molar-refractivity contribution >= 4 is 11.8 Å². The summed E-state index contributed by atoms with van der Waals surface area (Å²) in [7, 11) is 0. The quantitative estimate of drug-likeness (QED) is 0.799.